The molecule has 0 spiro atoms. The van der Waals surface area contributed by atoms with Crippen molar-refractivity contribution in [2.75, 3.05) is 0 Å². The Labute approximate surface area is 118 Å². The maximum atomic E-state index is 13.7. The molecule has 1 aromatic rings. The quantitative estimate of drug-likeness (QED) is 0.898. The maximum absolute atomic E-state index is 13.7. The molecule has 1 aliphatic rings. The zero-order chi connectivity index (χ0) is 15.0. The Morgan fingerprint density at radius 1 is 1.30 bits per heavy atom. The third-order valence-corrected chi connectivity index (χ3v) is 3.88. The van der Waals surface area contributed by atoms with Gasteiger partial charge in [0.2, 0.25) is 11.8 Å². The smallest absolute Gasteiger partial charge is 0.246 e. The molecule has 1 saturated heterocycles. The lowest BCUT2D eigenvalue weighted by Gasteiger charge is -2.40. The van der Waals surface area contributed by atoms with E-state index in [2.05, 4.69) is 5.32 Å². The van der Waals surface area contributed by atoms with E-state index in [0.29, 0.717) is 11.1 Å². The number of piperazine rings is 1. The van der Waals surface area contributed by atoms with Crippen LogP contribution in [-0.2, 0) is 9.59 Å². The molecule has 1 N–H and O–H groups in total. The van der Waals surface area contributed by atoms with E-state index in [1.165, 1.54) is 11.0 Å². The van der Waals surface area contributed by atoms with Gasteiger partial charge in [0.15, 0.2) is 0 Å². The third kappa shape index (κ3) is 2.40. The predicted octanol–water partition coefficient (Wildman–Crippen LogP) is 1.93. The summed E-state index contributed by atoms with van der Waals surface area (Å²) in [6.07, 6.45) is 0. The van der Waals surface area contributed by atoms with E-state index < -0.39 is 12.1 Å². The second kappa shape index (κ2) is 5.23. The molecule has 5 heteroatoms. The fourth-order valence-corrected chi connectivity index (χ4v) is 2.49. The molecule has 1 heterocycles. The summed E-state index contributed by atoms with van der Waals surface area (Å²) in [7, 11) is 0. The first-order chi connectivity index (χ1) is 9.32. The van der Waals surface area contributed by atoms with Gasteiger partial charge in [0.25, 0.3) is 0 Å². The van der Waals surface area contributed by atoms with Crippen LogP contribution in [0.4, 0.5) is 4.39 Å². The first kappa shape index (κ1) is 14.5. The molecule has 1 fully saturated rings. The van der Waals surface area contributed by atoms with Gasteiger partial charge in [0, 0.05) is 0 Å². The molecule has 0 bridgehead atoms. The van der Waals surface area contributed by atoms with Gasteiger partial charge >= 0.3 is 0 Å². The van der Waals surface area contributed by atoms with Crippen molar-refractivity contribution in [1.82, 2.24) is 10.2 Å². The minimum Gasteiger partial charge on any atom is -0.343 e. The maximum Gasteiger partial charge on any atom is 0.246 e. The van der Waals surface area contributed by atoms with Crippen LogP contribution >= 0.6 is 0 Å². The Kier molecular flexibility index (Phi) is 3.79. The molecular weight excluding hydrogens is 259 g/mol. The summed E-state index contributed by atoms with van der Waals surface area (Å²) in [6.45, 7) is 6.83. The van der Waals surface area contributed by atoms with Crippen LogP contribution in [0, 0.1) is 12.7 Å². The van der Waals surface area contributed by atoms with Crippen molar-refractivity contribution in [3.05, 3.63) is 35.1 Å². The van der Waals surface area contributed by atoms with Crippen molar-refractivity contribution in [2.45, 2.75) is 45.8 Å². The van der Waals surface area contributed by atoms with Crippen LogP contribution in [0.25, 0.3) is 0 Å². The number of hydrogen-bond acceptors (Lipinski definition) is 2. The lowest BCUT2D eigenvalue weighted by atomic mass is 10.00. The van der Waals surface area contributed by atoms with E-state index in [0.717, 1.165) is 0 Å². The molecular formula is C15H19FN2O2. The van der Waals surface area contributed by atoms with Crippen molar-refractivity contribution >= 4 is 11.8 Å². The molecule has 108 valence electrons. The Hall–Kier alpha value is -1.91. The number of benzene rings is 1. The molecule has 1 aliphatic heterocycles. The Morgan fingerprint density at radius 2 is 1.95 bits per heavy atom. The zero-order valence-electron chi connectivity index (χ0n) is 12.1. The van der Waals surface area contributed by atoms with Gasteiger partial charge in [-0.15, -0.1) is 0 Å². The third-order valence-electron chi connectivity index (χ3n) is 3.88. The van der Waals surface area contributed by atoms with E-state index in [-0.39, 0.29) is 23.7 Å². The molecule has 0 saturated carbocycles. The van der Waals surface area contributed by atoms with E-state index in [9.17, 15) is 14.0 Å². The normalized spacial score (nSPS) is 24.6. The fraction of sp³-hybridized carbons (Fsp3) is 0.467. The van der Waals surface area contributed by atoms with Gasteiger partial charge in [-0.1, -0.05) is 12.1 Å². The van der Waals surface area contributed by atoms with Crippen LogP contribution in [0.15, 0.2) is 18.2 Å². The number of carbonyl (C=O) groups excluding carboxylic acids is 2. The number of halogens is 1. The van der Waals surface area contributed by atoms with E-state index in [4.69, 9.17) is 0 Å². The summed E-state index contributed by atoms with van der Waals surface area (Å²) in [5, 5.41) is 2.63. The standard InChI is InChI=1S/C15H19FN2O2/c1-8-5-6-12(7-13(8)16)10(3)18-11(4)14(19)17-9(2)15(18)20/h5-7,9-11H,1-4H3,(H,17,19). The number of aryl methyl sites for hydroxylation is 1. The van der Waals surface area contributed by atoms with Crippen LogP contribution in [0.3, 0.4) is 0 Å². The number of rotatable bonds is 2. The number of nitrogens with zero attached hydrogens (tertiary/aromatic N) is 1. The molecule has 20 heavy (non-hydrogen) atoms. The van der Waals surface area contributed by atoms with Crippen LogP contribution in [0.1, 0.15) is 37.9 Å². The summed E-state index contributed by atoms with van der Waals surface area (Å²) in [5.74, 6) is -0.633. The van der Waals surface area contributed by atoms with Crippen LogP contribution in [0.5, 0.6) is 0 Å². The van der Waals surface area contributed by atoms with Gasteiger partial charge in [-0.05, 0) is 44.9 Å². The molecule has 3 atom stereocenters. The highest BCUT2D eigenvalue weighted by molar-refractivity contribution is 5.96. The first-order valence-corrected chi connectivity index (χ1v) is 6.71. The van der Waals surface area contributed by atoms with Crippen molar-refractivity contribution in [3.8, 4) is 0 Å². The molecule has 3 unspecified atom stereocenters. The minimum atomic E-state index is -0.557. The number of amides is 2. The highest BCUT2D eigenvalue weighted by Crippen LogP contribution is 2.26. The molecule has 0 radical (unpaired) electrons. The summed E-state index contributed by atoms with van der Waals surface area (Å²) in [5.41, 5.74) is 1.25. The fourth-order valence-electron chi connectivity index (χ4n) is 2.49. The summed E-state index contributed by atoms with van der Waals surface area (Å²) < 4.78 is 13.7. The lowest BCUT2D eigenvalue weighted by molar-refractivity contribution is -0.150. The largest absolute Gasteiger partial charge is 0.343 e. The first-order valence-electron chi connectivity index (χ1n) is 6.71. The van der Waals surface area contributed by atoms with Gasteiger partial charge in [-0.25, -0.2) is 4.39 Å². The van der Waals surface area contributed by atoms with Gasteiger partial charge < -0.3 is 10.2 Å². The number of hydrogen-bond donors (Lipinski definition) is 1. The number of nitrogens with one attached hydrogen (secondary N) is 1. The van der Waals surface area contributed by atoms with Crippen molar-refractivity contribution < 1.29 is 14.0 Å². The minimum absolute atomic E-state index is 0.148. The summed E-state index contributed by atoms with van der Waals surface area (Å²) >= 11 is 0. The van der Waals surface area contributed by atoms with Gasteiger partial charge in [0.1, 0.15) is 17.9 Å². The summed E-state index contributed by atoms with van der Waals surface area (Å²) in [4.78, 5) is 25.6. The van der Waals surface area contributed by atoms with Crippen molar-refractivity contribution in [3.63, 3.8) is 0 Å². The van der Waals surface area contributed by atoms with Crippen LogP contribution in [0.2, 0.25) is 0 Å². The van der Waals surface area contributed by atoms with Crippen LogP contribution in [-0.4, -0.2) is 28.8 Å². The average molecular weight is 278 g/mol. The Balaban J connectivity index is 2.34. The van der Waals surface area contributed by atoms with Gasteiger partial charge in [-0.3, -0.25) is 9.59 Å². The van der Waals surface area contributed by atoms with Crippen LogP contribution < -0.4 is 5.32 Å². The van der Waals surface area contributed by atoms with E-state index in [1.54, 1.807) is 32.9 Å². The predicted molar refractivity (Wildman–Crippen MR) is 73.5 cm³/mol. The summed E-state index contributed by atoms with van der Waals surface area (Å²) in [6, 6.07) is 3.46. The Morgan fingerprint density at radius 3 is 2.55 bits per heavy atom. The zero-order valence-corrected chi connectivity index (χ0v) is 12.1. The van der Waals surface area contributed by atoms with Gasteiger partial charge in [0.05, 0.1) is 6.04 Å². The molecule has 0 aromatic heterocycles. The Bertz CT molecular complexity index is 559. The van der Waals surface area contributed by atoms with Crippen molar-refractivity contribution in [1.29, 1.82) is 0 Å². The molecule has 0 aliphatic carbocycles. The topological polar surface area (TPSA) is 49.4 Å². The second-order valence-electron chi connectivity index (χ2n) is 5.34. The highest BCUT2D eigenvalue weighted by Gasteiger charge is 2.38. The SMILES string of the molecule is Cc1ccc(C(C)N2C(=O)C(C)NC(=O)C2C)cc1F. The molecule has 1 aromatic carbocycles. The lowest BCUT2D eigenvalue weighted by Crippen LogP contribution is -2.61. The van der Waals surface area contributed by atoms with Gasteiger partial charge in [-0.2, -0.15) is 0 Å². The van der Waals surface area contributed by atoms with E-state index in [1.807, 2.05) is 6.92 Å². The van der Waals surface area contributed by atoms with E-state index >= 15 is 0 Å². The second-order valence-corrected chi connectivity index (χ2v) is 5.34. The molecule has 2 rings (SSSR count). The highest BCUT2D eigenvalue weighted by atomic mass is 19.1. The average Bonchev–Trinajstić information content (AvgIpc) is 2.40. The monoisotopic (exact) mass is 278 g/mol. The molecule has 2 amide bonds. The number of carbonyl (C=O) groups is 2. The molecule has 4 nitrogen and oxygen atoms in total. The van der Waals surface area contributed by atoms with Crippen molar-refractivity contribution in [2.24, 2.45) is 0 Å².